The van der Waals surface area contributed by atoms with E-state index < -0.39 is 23.7 Å². The lowest BCUT2D eigenvalue weighted by molar-refractivity contribution is -0.155. The van der Waals surface area contributed by atoms with Crippen molar-refractivity contribution < 1.29 is 52.4 Å². The molecule has 0 fully saturated rings. The second kappa shape index (κ2) is 29.1. The number of hydrogen-bond donors (Lipinski definition) is 3. The van der Waals surface area contributed by atoms with Gasteiger partial charge in [-0.2, -0.15) is 0 Å². The lowest BCUT2D eigenvalue weighted by Gasteiger charge is -2.19. The van der Waals surface area contributed by atoms with Crippen LogP contribution in [0.15, 0.2) is 78.9 Å². The Balaban J connectivity index is 1.49. The van der Waals surface area contributed by atoms with E-state index >= 15 is 0 Å². The van der Waals surface area contributed by atoms with Gasteiger partial charge in [-0.1, -0.05) is 61.5 Å². The molecule has 3 aromatic carbocycles. The molecule has 0 spiro atoms. The highest BCUT2D eigenvalue weighted by Gasteiger charge is 2.24. The summed E-state index contributed by atoms with van der Waals surface area (Å²) in [6.07, 6.45) is 2.76. The number of ketones is 1. The summed E-state index contributed by atoms with van der Waals surface area (Å²) in [4.78, 5) is 64.5. The smallest absolute Gasteiger partial charge is 0.329 e. The Hall–Kier alpha value is -5.31. The summed E-state index contributed by atoms with van der Waals surface area (Å²) < 4.78 is 33.6. The third-order valence-corrected chi connectivity index (χ3v) is 9.14. The van der Waals surface area contributed by atoms with Crippen LogP contribution in [0.1, 0.15) is 89.3 Å². The topological polar surface area (TPSA) is 177 Å². The molecule has 0 aliphatic carbocycles. The standard InChI is InChI=1S/C48H67N3O11/c1-6-27-57-30-24-44(53)50-41(33-36-16-20-39(21-17-36)59-29-11-15-46(55)62-48(2,3)4)43(52)14-10-28-58-31-25-45(54)51-42(47(56)61-35-38-12-8-7-9-13-38)34-37-18-22-40(23-19-37)60-32-26-49-5/h7-9,12-13,16-23,41-42,49H,6,10-11,14-15,24-35H2,1-5H3,(H,50,53)(H,51,54)/t41-,42-/m0/s1. The van der Waals surface area contributed by atoms with Crippen molar-refractivity contribution in [1.29, 1.82) is 0 Å². The van der Waals surface area contributed by atoms with Crippen molar-refractivity contribution in [1.82, 2.24) is 16.0 Å². The van der Waals surface area contributed by atoms with Crippen LogP contribution in [0.25, 0.3) is 0 Å². The Morgan fingerprint density at radius 3 is 1.73 bits per heavy atom. The minimum Gasteiger partial charge on any atom is -0.494 e. The van der Waals surface area contributed by atoms with Gasteiger partial charge in [0.25, 0.3) is 0 Å². The predicted molar refractivity (Wildman–Crippen MR) is 236 cm³/mol. The molecule has 3 N–H and O–H groups in total. The first-order valence-electron chi connectivity index (χ1n) is 21.6. The number of esters is 2. The van der Waals surface area contributed by atoms with E-state index in [9.17, 15) is 24.0 Å². The van der Waals surface area contributed by atoms with Crippen LogP contribution >= 0.6 is 0 Å². The zero-order valence-electron chi connectivity index (χ0n) is 37.2. The Morgan fingerprint density at radius 1 is 0.597 bits per heavy atom. The maximum atomic E-state index is 13.5. The van der Waals surface area contributed by atoms with E-state index in [1.165, 1.54) is 0 Å². The number of amides is 2. The third-order valence-electron chi connectivity index (χ3n) is 9.14. The molecular formula is C48H67N3O11. The maximum Gasteiger partial charge on any atom is 0.329 e. The van der Waals surface area contributed by atoms with Crippen LogP contribution in [0.5, 0.6) is 11.5 Å². The van der Waals surface area contributed by atoms with Crippen LogP contribution in [0.4, 0.5) is 0 Å². The average Bonchev–Trinajstić information content (AvgIpc) is 3.24. The molecule has 2 amide bonds. The van der Waals surface area contributed by atoms with E-state index in [1.807, 2.05) is 101 Å². The molecule has 0 aliphatic heterocycles. The van der Waals surface area contributed by atoms with Crippen molar-refractivity contribution in [3.8, 4) is 11.5 Å². The van der Waals surface area contributed by atoms with Crippen molar-refractivity contribution in [2.24, 2.45) is 0 Å². The molecule has 3 aromatic rings. The highest BCUT2D eigenvalue weighted by atomic mass is 16.6. The SMILES string of the molecule is CCCOCCC(=O)N[C@@H](Cc1ccc(OCCCC(=O)OC(C)(C)C)cc1)C(=O)CCCOCCC(=O)N[C@@H](Cc1ccc(OCCNC)cc1)C(=O)OCc1ccccc1. The van der Waals surface area contributed by atoms with Crippen LogP contribution in [-0.4, -0.2) is 100 Å². The van der Waals surface area contributed by atoms with Gasteiger partial charge in [0, 0.05) is 51.9 Å². The molecule has 0 radical (unpaired) electrons. The summed E-state index contributed by atoms with van der Waals surface area (Å²) in [6.45, 7) is 10.2. The highest BCUT2D eigenvalue weighted by molar-refractivity contribution is 5.89. The van der Waals surface area contributed by atoms with Crippen molar-refractivity contribution in [2.45, 2.75) is 110 Å². The van der Waals surface area contributed by atoms with Crippen LogP contribution in [0, 0.1) is 0 Å². The average molecular weight is 862 g/mol. The number of carbonyl (C=O) groups is 5. The highest BCUT2D eigenvalue weighted by Crippen LogP contribution is 2.17. The fourth-order valence-corrected chi connectivity index (χ4v) is 5.99. The minimum atomic E-state index is -0.926. The third kappa shape index (κ3) is 22.5. The largest absolute Gasteiger partial charge is 0.494 e. The van der Waals surface area contributed by atoms with Gasteiger partial charge >= 0.3 is 11.9 Å². The van der Waals surface area contributed by atoms with E-state index in [-0.39, 0.29) is 88.5 Å². The molecule has 0 unspecified atom stereocenters. The number of carbonyl (C=O) groups excluding carboxylic acids is 5. The molecule has 340 valence electrons. The van der Waals surface area contributed by atoms with Gasteiger partial charge in [0.1, 0.15) is 36.4 Å². The summed E-state index contributed by atoms with van der Waals surface area (Å²) in [5.74, 6) is -0.304. The molecule has 0 heterocycles. The lowest BCUT2D eigenvalue weighted by atomic mass is 9.99. The normalized spacial score (nSPS) is 12.1. The van der Waals surface area contributed by atoms with Crippen LogP contribution < -0.4 is 25.4 Å². The molecule has 0 aromatic heterocycles. The number of benzene rings is 3. The van der Waals surface area contributed by atoms with E-state index in [0.29, 0.717) is 50.7 Å². The van der Waals surface area contributed by atoms with Gasteiger partial charge in [0.05, 0.1) is 25.9 Å². The number of rotatable bonds is 31. The molecule has 62 heavy (non-hydrogen) atoms. The van der Waals surface area contributed by atoms with Gasteiger partial charge in [-0.3, -0.25) is 19.2 Å². The second-order valence-corrected chi connectivity index (χ2v) is 15.8. The van der Waals surface area contributed by atoms with Gasteiger partial charge in [0.2, 0.25) is 11.8 Å². The molecular weight excluding hydrogens is 795 g/mol. The molecule has 0 saturated heterocycles. The van der Waals surface area contributed by atoms with Crippen LogP contribution in [-0.2, 0) is 62.4 Å². The number of ether oxygens (including phenoxy) is 6. The quantitative estimate of drug-likeness (QED) is 0.0520. The van der Waals surface area contributed by atoms with E-state index in [1.54, 1.807) is 12.1 Å². The molecule has 0 aliphatic rings. The summed E-state index contributed by atoms with van der Waals surface area (Å²) in [7, 11) is 1.85. The van der Waals surface area contributed by atoms with Crippen molar-refractivity contribution in [2.75, 3.05) is 53.2 Å². The van der Waals surface area contributed by atoms with Crippen LogP contribution in [0.2, 0.25) is 0 Å². The summed E-state index contributed by atoms with van der Waals surface area (Å²) in [5, 5.41) is 8.72. The predicted octanol–water partition coefficient (Wildman–Crippen LogP) is 5.86. The van der Waals surface area contributed by atoms with Crippen molar-refractivity contribution in [3.63, 3.8) is 0 Å². The zero-order valence-corrected chi connectivity index (χ0v) is 37.2. The Bertz CT molecular complexity index is 1760. The number of nitrogens with one attached hydrogen (secondary N) is 3. The first-order chi connectivity index (χ1) is 29.8. The molecule has 2 atom stereocenters. The van der Waals surface area contributed by atoms with E-state index in [0.717, 1.165) is 23.1 Å². The lowest BCUT2D eigenvalue weighted by Crippen LogP contribution is -2.43. The maximum absolute atomic E-state index is 13.5. The van der Waals surface area contributed by atoms with Gasteiger partial charge in [-0.05, 0) is 94.5 Å². The monoisotopic (exact) mass is 861 g/mol. The molecule has 0 saturated carbocycles. The fourth-order valence-electron chi connectivity index (χ4n) is 5.99. The number of hydrogen-bond acceptors (Lipinski definition) is 12. The molecule has 14 heteroatoms. The second-order valence-electron chi connectivity index (χ2n) is 15.8. The van der Waals surface area contributed by atoms with Crippen molar-refractivity contribution in [3.05, 3.63) is 95.6 Å². The van der Waals surface area contributed by atoms with Crippen molar-refractivity contribution >= 4 is 29.5 Å². The zero-order chi connectivity index (χ0) is 45.0. The molecule has 3 rings (SSSR count). The Labute approximate surface area is 367 Å². The van der Waals surface area contributed by atoms with Gasteiger partial charge in [-0.25, -0.2) is 4.79 Å². The van der Waals surface area contributed by atoms with Gasteiger partial charge in [0.15, 0.2) is 5.78 Å². The molecule has 14 nitrogen and oxygen atoms in total. The summed E-state index contributed by atoms with van der Waals surface area (Å²) in [6, 6.07) is 22.3. The molecule has 0 bridgehead atoms. The number of likely N-dealkylation sites (N-methyl/N-ethyl adjacent to an activating group) is 1. The summed E-state index contributed by atoms with van der Waals surface area (Å²) in [5.41, 5.74) is 1.96. The van der Waals surface area contributed by atoms with Crippen LogP contribution in [0.3, 0.4) is 0 Å². The minimum absolute atomic E-state index is 0.00309. The Kier molecular flexibility index (Phi) is 23.9. The van der Waals surface area contributed by atoms with Gasteiger partial charge in [-0.15, -0.1) is 0 Å². The van der Waals surface area contributed by atoms with E-state index in [2.05, 4.69) is 16.0 Å². The first kappa shape index (κ1) is 51.0. The first-order valence-corrected chi connectivity index (χ1v) is 21.6. The number of Topliss-reactive ketones (excluding diaryl/α,β-unsaturated/α-hetero) is 1. The van der Waals surface area contributed by atoms with E-state index in [4.69, 9.17) is 28.4 Å². The fraction of sp³-hybridized carbons (Fsp3) is 0.521. The summed E-state index contributed by atoms with van der Waals surface area (Å²) >= 11 is 0. The van der Waals surface area contributed by atoms with Gasteiger partial charge < -0.3 is 44.4 Å². The Morgan fingerprint density at radius 2 is 1.15 bits per heavy atom.